The van der Waals surface area contributed by atoms with Gasteiger partial charge >= 0.3 is 0 Å². The molecule has 2 rings (SSSR count). The molecule has 196 valence electrons. The fourth-order valence-electron chi connectivity index (χ4n) is 5.35. The van der Waals surface area contributed by atoms with Crippen molar-refractivity contribution >= 4 is 12.4 Å². The Bertz CT molecular complexity index is 648. The maximum Gasteiger partial charge on any atom is 0.243 e. The summed E-state index contributed by atoms with van der Waals surface area (Å²) in [5.74, 6) is 0.711. The molecule has 0 aliphatic carbocycles. The topological polar surface area (TPSA) is 24.7 Å². The summed E-state index contributed by atoms with van der Waals surface area (Å²) in [6, 6.07) is 9.15. The quantitative estimate of drug-likeness (QED) is 0.110. The molecule has 0 amide bonds. The lowest BCUT2D eigenvalue weighted by Crippen LogP contribution is -2.01. The van der Waals surface area contributed by atoms with Gasteiger partial charge in [-0.25, -0.2) is 0 Å². The molecule has 0 saturated carbocycles. The molecule has 0 bridgehead atoms. The minimum Gasteiger partial charge on any atom is -0.147 e. The van der Waals surface area contributed by atoms with Crippen LogP contribution < -0.4 is 0 Å². The molecular formula is C33H55N2+. The van der Waals surface area contributed by atoms with Gasteiger partial charge in [0.1, 0.15) is 18.0 Å². The standard InChI is InChI=1S/C33H55N2/c1-3-5-7-9-11-13-14-15-17-19-21-23-30(22-20-18-16-12-10-8-6-4-2)31-24-26-32(27-25-31)33-34-28-29-35-33/h24-30H,3-23H2,1-2H3/q+1. The summed E-state index contributed by atoms with van der Waals surface area (Å²) in [6.07, 6.45) is 34.0. The van der Waals surface area contributed by atoms with Gasteiger partial charge in [0.2, 0.25) is 6.17 Å². The van der Waals surface area contributed by atoms with Crippen molar-refractivity contribution in [1.82, 2.24) is 0 Å². The molecule has 0 aromatic heterocycles. The predicted molar refractivity (Wildman–Crippen MR) is 157 cm³/mol. The smallest absolute Gasteiger partial charge is 0.147 e. The third kappa shape index (κ3) is 13.9. The lowest BCUT2D eigenvalue weighted by Gasteiger charge is -2.17. The van der Waals surface area contributed by atoms with E-state index in [4.69, 9.17) is 0 Å². The van der Waals surface area contributed by atoms with Crippen LogP contribution in [0.3, 0.4) is 0 Å². The van der Waals surface area contributed by atoms with E-state index in [-0.39, 0.29) is 0 Å². The first kappa shape index (κ1) is 29.7. The molecule has 0 saturated heterocycles. The highest BCUT2D eigenvalue weighted by Crippen LogP contribution is 2.30. The Morgan fingerprint density at radius 2 is 0.886 bits per heavy atom. The predicted octanol–water partition coefficient (Wildman–Crippen LogP) is 11.0. The largest absolute Gasteiger partial charge is 0.243 e. The fourth-order valence-corrected chi connectivity index (χ4v) is 5.35. The van der Waals surface area contributed by atoms with Crippen LogP contribution in [0, 0.1) is 6.17 Å². The third-order valence-electron chi connectivity index (χ3n) is 7.66. The van der Waals surface area contributed by atoms with Gasteiger partial charge in [0, 0.05) is 12.1 Å². The summed E-state index contributed by atoms with van der Waals surface area (Å²) < 4.78 is 0. The van der Waals surface area contributed by atoms with Crippen LogP contribution >= 0.6 is 0 Å². The second-order valence-corrected chi connectivity index (χ2v) is 10.8. The van der Waals surface area contributed by atoms with Crippen LogP contribution in [0.25, 0.3) is 0 Å². The third-order valence-corrected chi connectivity index (χ3v) is 7.66. The van der Waals surface area contributed by atoms with Gasteiger partial charge in [-0.2, -0.15) is 0 Å². The maximum absolute atomic E-state index is 4.36. The van der Waals surface area contributed by atoms with Gasteiger partial charge in [-0.3, -0.25) is 0 Å². The van der Waals surface area contributed by atoms with Crippen LogP contribution in [0.2, 0.25) is 0 Å². The molecule has 2 heteroatoms. The van der Waals surface area contributed by atoms with E-state index in [2.05, 4.69) is 48.1 Å². The average molecular weight is 480 g/mol. The van der Waals surface area contributed by atoms with E-state index >= 15 is 0 Å². The number of rotatable bonds is 23. The van der Waals surface area contributed by atoms with E-state index in [0.29, 0.717) is 5.92 Å². The van der Waals surface area contributed by atoms with E-state index < -0.39 is 0 Å². The van der Waals surface area contributed by atoms with E-state index in [0.717, 1.165) is 11.7 Å². The van der Waals surface area contributed by atoms with Crippen molar-refractivity contribution in [2.24, 2.45) is 9.98 Å². The molecule has 1 aliphatic rings. The van der Waals surface area contributed by atoms with Gasteiger partial charge < -0.3 is 0 Å². The van der Waals surface area contributed by atoms with Crippen molar-refractivity contribution in [1.29, 1.82) is 0 Å². The Morgan fingerprint density at radius 1 is 0.514 bits per heavy atom. The summed E-state index contributed by atoms with van der Waals surface area (Å²) >= 11 is 0. The minimum atomic E-state index is 0.711. The maximum atomic E-state index is 4.36. The highest BCUT2D eigenvalue weighted by atomic mass is 15.0. The van der Waals surface area contributed by atoms with Gasteiger partial charge in [-0.1, -0.05) is 136 Å². The van der Waals surface area contributed by atoms with Crippen LogP contribution in [0.1, 0.15) is 166 Å². The fraction of sp³-hybridized carbons (Fsp3) is 0.727. The summed E-state index contributed by atoms with van der Waals surface area (Å²) in [5.41, 5.74) is 2.66. The van der Waals surface area contributed by atoms with Gasteiger partial charge in [-0.05, 0) is 36.5 Å². The Morgan fingerprint density at radius 3 is 1.29 bits per heavy atom. The molecule has 1 aliphatic heterocycles. The summed E-state index contributed by atoms with van der Waals surface area (Å²) in [5, 5.41) is 0. The van der Waals surface area contributed by atoms with Crippen LogP contribution in [0.4, 0.5) is 0 Å². The number of hydrogen-bond donors (Lipinski definition) is 0. The zero-order chi connectivity index (χ0) is 24.8. The number of unbranched alkanes of at least 4 members (excludes halogenated alkanes) is 17. The molecule has 0 N–H and O–H groups in total. The molecule has 1 aromatic carbocycles. The summed E-state index contributed by atoms with van der Waals surface area (Å²) in [6.45, 7) is 4.60. The first-order valence-electron chi connectivity index (χ1n) is 15.4. The van der Waals surface area contributed by atoms with Crippen molar-refractivity contribution in [2.75, 3.05) is 0 Å². The van der Waals surface area contributed by atoms with E-state index in [9.17, 15) is 0 Å². The molecule has 1 heterocycles. The Balaban J connectivity index is 1.68. The van der Waals surface area contributed by atoms with E-state index in [1.807, 2.05) is 0 Å². The average Bonchev–Trinajstić information content (AvgIpc) is 3.43. The molecule has 1 aromatic rings. The van der Waals surface area contributed by atoms with E-state index in [1.165, 1.54) is 140 Å². The SMILES string of the molecule is CCCCCCCCCCCCCC(CCCCCCCCCC)c1ccc([C+]2N=CC=N2)cc1. The number of hydrogen-bond acceptors (Lipinski definition) is 2. The highest BCUT2D eigenvalue weighted by molar-refractivity contribution is 6.18. The van der Waals surface area contributed by atoms with Crippen molar-refractivity contribution in [3.63, 3.8) is 0 Å². The van der Waals surface area contributed by atoms with Crippen molar-refractivity contribution in [3.05, 3.63) is 41.6 Å². The molecule has 1 atom stereocenters. The van der Waals surface area contributed by atoms with E-state index in [1.54, 1.807) is 12.4 Å². The van der Waals surface area contributed by atoms with Crippen LogP contribution in [0.5, 0.6) is 0 Å². The Kier molecular flexibility index (Phi) is 17.5. The van der Waals surface area contributed by atoms with Crippen LogP contribution in [-0.4, -0.2) is 12.4 Å². The van der Waals surface area contributed by atoms with Gasteiger partial charge in [0.25, 0.3) is 0 Å². The molecule has 1 unspecified atom stereocenters. The molecule has 0 fully saturated rings. The molecule has 0 spiro atoms. The lowest BCUT2D eigenvalue weighted by molar-refractivity contribution is 0.481. The Hall–Kier alpha value is -1.57. The highest BCUT2D eigenvalue weighted by Gasteiger charge is 2.19. The monoisotopic (exact) mass is 479 g/mol. The van der Waals surface area contributed by atoms with Gasteiger partial charge in [0.15, 0.2) is 0 Å². The van der Waals surface area contributed by atoms with Crippen molar-refractivity contribution in [2.45, 2.75) is 155 Å². The summed E-state index contributed by atoms with van der Waals surface area (Å²) in [7, 11) is 0. The van der Waals surface area contributed by atoms with Gasteiger partial charge in [-0.15, -0.1) is 9.98 Å². The zero-order valence-electron chi connectivity index (χ0n) is 23.3. The van der Waals surface area contributed by atoms with Gasteiger partial charge in [0.05, 0.1) is 0 Å². The zero-order valence-corrected chi connectivity index (χ0v) is 23.3. The first-order valence-corrected chi connectivity index (χ1v) is 15.4. The number of nitrogens with zero attached hydrogens (tertiary/aromatic N) is 2. The van der Waals surface area contributed by atoms with Crippen LogP contribution in [0.15, 0.2) is 34.3 Å². The number of benzene rings is 1. The molecule has 0 radical (unpaired) electrons. The molecule has 2 nitrogen and oxygen atoms in total. The second kappa shape index (κ2) is 20.6. The van der Waals surface area contributed by atoms with Crippen molar-refractivity contribution in [3.8, 4) is 0 Å². The normalized spacial score (nSPS) is 13.7. The number of aliphatic imine (C=N–C) groups is 2. The molecule has 35 heavy (non-hydrogen) atoms. The second-order valence-electron chi connectivity index (χ2n) is 10.8. The summed E-state index contributed by atoms with van der Waals surface area (Å²) in [4.78, 5) is 8.71. The van der Waals surface area contributed by atoms with Crippen molar-refractivity contribution < 1.29 is 0 Å². The first-order chi connectivity index (χ1) is 17.3. The molecular weight excluding hydrogens is 424 g/mol. The van der Waals surface area contributed by atoms with Crippen LogP contribution in [-0.2, 0) is 0 Å². The lowest BCUT2D eigenvalue weighted by atomic mass is 9.87. The minimum absolute atomic E-state index is 0.711. The Labute approximate surface area is 218 Å².